The molecule has 0 saturated carbocycles. The maximum atomic E-state index is 12.9. The number of ether oxygens (including phenoxy) is 1. The van der Waals surface area contributed by atoms with Crippen LogP contribution >= 0.6 is 11.6 Å². The van der Waals surface area contributed by atoms with Gasteiger partial charge in [-0.25, -0.2) is 0 Å². The van der Waals surface area contributed by atoms with Crippen LogP contribution in [0.25, 0.3) is 0 Å². The number of rotatable bonds is 4. The lowest BCUT2D eigenvalue weighted by molar-refractivity contribution is -0.917. The van der Waals surface area contributed by atoms with Gasteiger partial charge in [0.15, 0.2) is 0 Å². The molecule has 0 aliphatic carbocycles. The van der Waals surface area contributed by atoms with Gasteiger partial charge in [-0.1, -0.05) is 35.4 Å². The number of carbonyl (C=O) groups excluding carboxylic acids is 1. The predicted molar refractivity (Wildman–Crippen MR) is 99.5 cm³/mol. The van der Waals surface area contributed by atoms with Gasteiger partial charge in [0.25, 0.3) is 5.91 Å². The van der Waals surface area contributed by atoms with Crippen LogP contribution in [0, 0.1) is 6.92 Å². The lowest BCUT2D eigenvalue weighted by Crippen LogP contribution is -3.13. The normalized spacial score (nSPS) is 15.2. The van der Waals surface area contributed by atoms with E-state index in [0.717, 1.165) is 43.3 Å². The SMILES string of the molecule is COc1ccc(C)cc1C(=O)N1CC[NH+](Cc2cccc(Cl)c2)CC1. The highest BCUT2D eigenvalue weighted by atomic mass is 35.5. The van der Waals surface area contributed by atoms with Crippen molar-refractivity contribution < 1.29 is 14.4 Å². The number of nitrogens with one attached hydrogen (secondary N) is 1. The van der Waals surface area contributed by atoms with Crippen molar-refractivity contribution in [3.8, 4) is 5.75 Å². The van der Waals surface area contributed by atoms with Gasteiger partial charge >= 0.3 is 0 Å². The Balaban J connectivity index is 1.62. The highest BCUT2D eigenvalue weighted by Crippen LogP contribution is 2.21. The summed E-state index contributed by atoms with van der Waals surface area (Å²) in [5, 5.41) is 0.775. The lowest BCUT2D eigenvalue weighted by Gasteiger charge is -2.32. The maximum absolute atomic E-state index is 12.9. The second kappa shape index (κ2) is 7.89. The van der Waals surface area contributed by atoms with Crippen molar-refractivity contribution >= 4 is 17.5 Å². The van der Waals surface area contributed by atoms with Crippen LogP contribution in [0.1, 0.15) is 21.5 Å². The zero-order valence-corrected chi connectivity index (χ0v) is 15.5. The molecule has 0 atom stereocenters. The van der Waals surface area contributed by atoms with Gasteiger partial charge in [0.05, 0.1) is 38.9 Å². The van der Waals surface area contributed by atoms with Gasteiger partial charge in [-0.3, -0.25) is 4.79 Å². The minimum absolute atomic E-state index is 0.0577. The summed E-state index contributed by atoms with van der Waals surface area (Å²) in [4.78, 5) is 16.3. The maximum Gasteiger partial charge on any atom is 0.258 e. The van der Waals surface area contributed by atoms with Crippen molar-refractivity contribution in [1.82, 2.24) is 4.90 Å². The second-order valence-electron chi connectivity index (χ2n) is 6.55. The molecule has 2 aromatic carbocycles. The average molecular weight is 360 g/mol. The molecule has 0 spiro atoms. The van der Waals surface area contributed by atoms with Crippen molar-refractivity contribution in [3.05, 3.63) is 64.2 Å². The number of carbonyl (C=O) groups is 1. The van der Waals surface area contributed by atoms with E-state index in [9.17, 15) is 4.79 Å². The monoisotopic (exact) mass is 359 g/mol. The first-order valence-corrected chi connectivity index (χ1v) is 8.96. The van der Waals surface area contributed by atoms with Crippen LogP contribution in [0.15, 0.2) is 42.5 Å². The third kappa shape index (κ3) is 4.33. The Labute approximate surface area is 154 Å². The molecule has 1 heterocycles. The van der Waals surface area contributed by atoms with Crippen LogP contribution in [-0.4, -0.2) is 44.1 Å². The zero-order chi connectivity index (χ0) is 17.8. The molecular weight excluding hydrogens is 336 g/mol. The number of methoxy groups -OCH3 is 1. The predicted octanol–water partition coefficient (Wildman–Crippen LogP) is 2.20. The van der Waals surface area contributed by atoms with E-state index in [-0.39, 0.29) is 5.91 Å². The Morgan fingerprint density at radius 2 is 1.96 bits per heavy atom. The van der Waals surface area contributed by atoms with E-state index in [0.29, 0.717) is 11.3 Å². The third-order valence-corrected chi connectivity index (χ3v) is 4.92. The molecule has 1 amide bonds. The van der Waals surface area contributed by atoms with Crippen molar-refractivity contribution in [2.45, 2.75) is 13.5 Å². The van der Waals surface area contributed by atoms with E-state index in [1.54, 1.807) is 7.11 Å². The molecule has 0 radical (unpaired) electrons. The zero-order valence-electron chi connectivity index (χ0n) is 14.7. The van der Waals surface area contributed by atoms with Crippen LogP contribution < -0.4 is 9.64 Å². The fraction of sp³-hybridized carbons (Fsp3) is 0.350. The van der Waals surface area contributed by atoms with E-state index < -0.39 is 0 Å². The number of nitrogens with zero attached hydrogens (tertiary/aromatic N) is 1. The fourth-order valence-electron chi connectivity index (χ4n) is 3.30. The molecule has 1 aliphatic heterocycles. The molecule has 132 valence electrons. The minimum atomic E-state index is 0.0577. The summed E-state index contributed by atoms with van der Waals surface area (Å²) in [6.45, 7) is 6.32. The molecule has 1 fully saturated rings. The molecule has 5 heteroatoms. The van der Waals surface area contributed by atoms with Crippen molar-refractivity contribution in [2.24, 2.45) is 0 Å². The van der Waals surface area contributed by atoms with Crippen LogP contribution in [0.5, 0.6) is 5.75 Å². The largest absolute Gasteiger partial charge is 0.496 e. The number of benzene rings is 2. The van der Waals surface area contributed by atoms with E-state index in [2.05, 4.69) is 6.07 Å². The number of amides is 1. The Bertz CT molecular complexity index is 755. The van der Waals surface area contributed by atoms with Crippen LogP contribution in [-0.2, 0) is 6.54 Å². The molecule has 3 rings (SSSR count). The molecule has 1 N–H and O–H groups in total. The molecule has 0 unspecified atom stereocenters. The van der Waals surface area contributed by atoms with Gasteiger partial charge in [-0.05, 0) is 31.2 Å². The number of piperazine rings is 1. The Morgan fingerprint density at radius 1 is 1.20 bits per heavy atom. The second-order valence-corrected chi connectivity index (χ2v) is 6.99. The van der Waals surface area contributed by atoms with Crippen molar-refractivity contribution in [3.63, 3.8) is 0 Å². The van der Waals surface area contributed by atoms with Crippen LogP contribution in [0.3, 0.4) is 0 Å². The van der Waals surface area contributed by atoms with Crippen LogP contribution in [0.4, 0.5) is 0 Å². The quantitative estimate of drug-likeness (QED) is 0.908. The lowest BCUT2D eigenvalue weighted by atomic mass is 10.1. The summed E-state index contributed by atoms with van der Waals surface area (Å²) in [5.74, 6) is 0.701. The first kappa shape index (κ1) is 17.8. The topological polar surface area (TPSA) is 34.0 Å². The first-order chi connectivity index (χ1) is 12.1. The fourth-order valence-corrected chi connectivity index (χ4v) is 3.51. The highest BCUT2D eigenvalue weighted by molar-refractivity contribution is 6.30. The van der Waals surface area contributed by atoms with Gasteiger partial charge in [-0.2, -0.15) is 0 Å². The summed E-state index contributed by atoms with van der Waals surface area (Å²) in [5.41, 5.74) is 2.96. The Hall–Kier alpha value is -2.04. The molecule has 0 aromatic heterocycles. The molecule has 4 nitrogen and oxygen atoms in total. The first-order valence-electron chi connectivity index (χ1n) is 8.59. The van der Waals surface area contributed by atoms with Gasteiger partial charge in [0, 0.05) is 10.6 Å². The summed E-state index contributed by atoms with van der Waals surface area (Å²) < 4.78 is 5.36. The van der Waals surface area contributed by atoms with E-state index in [1.807, 2.05) is 48.2 Å². The van der Waals surface area contributed by atoms with Crippen molar-refractivity contribution in [1.29, 1.82) is 0 Å². The third-order valence-electron chi connectivity index (χ3n) is 4.69. The summed E-state index contributed by atoms with van der Waals surface area (Å²) >= 11 is 6.06. The molecule has 1 saturated heterocycles. The number of hydrogen-bond acceptors (Lipinski definition) is 2. The summed E-state index contributed by atoms with van der Waals surface area (Å²) in [6.07, 6.45) is 0. The van der Waals surface area contributed by atoms with Gasteiger partial charge in [0.1, 0.15) is 12.3 Å². The van der Waals surface area contributed by atoms with Gasteiger partial charge in [-0.15, -0.1) is 0 Å². The number of quaternary nitrogens is 1. The van der Waals surface area contributed by atoms with E-state index in [4.69, 9.17) is 16.3 Å². The summed E-state index contributed by atoms with van der Waals surface area (Å²) in [6, 6.07) is 13.7. The van der Waals surface area contributed by atoms with Crippen LogP contribution in [0.2, 0.25) is 5.02 Å². The van der Waals surface area contributed by atoms with Gasteiger partial charge < -0.3 is 14.5 Å². The smallest absolute Gasteiger partial charge is 0.258 e. The van der Waals surface area contributed by atoms with Gasteiger partial charge in [0.2, 0.25) is 0 Å². The standard InChI is InChI=1S/C20H23ClN2O2/c1-15-6-7-19(25-2)18(12-15)20(24)23-10-8-22(9-11-23)14-16-4-3-5-17(21)13-16/h3-7,12-13H,8-11,14H2,1-2H3/p+1. The number of hydrogen-bond donors (Lipinski definition) is 1. The molecule has 2 aromatic rings. The highest BCUT2D eigenvalue weighted by Gasteiger charge is 2.26. The average Bonchev–Trinajstić information content (AvgIpc) is 2.62. The Kier molecular flexibility index (Phi) is 5.61. The van der Waals surface area contributed by atoms with E-state index in [1.165, 1.54) is 10.5 Å². The van der Waals surface area contributed by atoms with E-state index >= 15 is 0 Å². The van der Waals surface area contributed by atoms with Crippen molar-refractivity contribution in [2.75, 3.05) is 33.3 Å². The molecule has 0 bridgehead atoms. The molecule has 25 heavy (non-hydrogen) atoms. The summed E-state index contributed by atoms with van der Waals surface area (Å²) in [7, 11) is 1.61. The Morgan fingerprint density at radius 3 is 2.64 bits per heavy atom. The number of halogens is 1. The molecular formula is C20H24ClN2O2+. The number of aryl methyl sites for hydroxylation is 1. The minimum Gasteiger partial charge on any atom is -0.496 e. The molecule has 1 aliphatic rings.